The monoisotopic (exact) mass is 411 g/mol. The molecule has 0 unspecified atom stereocenters. The van der Waals surface area contributed by atoms with Gasteiger partial charge in [0, 0.05) is 17.8 Å². The van der Waals surface area contributed by atoms with Crippen LogP contribution in [0.4, 0.5) is 5.69 Å². The van der Waals surface area contributed by atoms with Crippen molar-refractivity contribution in [3.63, 3.8) is 0 Å². The van der Waals surface area contributed by atoms with Gasteiger partial charge in [-0.2, -0.15) is 4.68 Å². The predicted octanol–water partition coefficient (Wildman–Crippen LogP) is 2.75. The Bertz CT molecular complexity index is 1040. The van der Waals surface area contributed by atoms with Gasteiger partial charge in [0.05, 0.1) is 20.0 Å². The molecule has 1 atom stereocenters. The van der Waals surface area contributed by atoms with E-state index in [0.717, 1.165) is 12.1 Å². The van der Waals surface area contributed by atoms with Gasteiger partial charge in [-0.3, -0.25) is 4.79 Å². The van der Waals surface area contributed by atoms with Gasteiger partial charge in [-0.05, 0) is 47.5 Å². The summed E-state index contributed by atoms with van der Waals surface area (Å²) in [7, 11) is 3.17. The summed E-state index contributed by atoms with van der Waals surface area (Å²) in [6.07, 6.45) is 0.868. The maximum absolute atomic E-state index is 13.0. The summed E-state index contributed by atoms with van der Waals surface area (Å²) in [4.78, 5) is 14.8. The van der Waals surface area contributed by atoms with Crippen molar-refractivity contribution in [2.75, 3.05) is 24.9 Å². The number of thioether (sulfide) groups is 1. The summed E-state index contributed by atoms with van der Waals surface area (Å²) in [6, 6.07) is 13.6. The van der Waals surface area contributed by atoms with Crippen molar-refractivity contribution < 1.29 is 14.3 Å². The molecular weight excluding hydrogens is 390 g/mol. The second kappa shape index (κ2) is 8.12. The molecule has 0 aliphatic carbocycles. The topological polar surface area (TPSA) is 82.4 Å². The zero-order valence-electron chi connectivity index (χ0n) is 16.4. The molecule has 3 aromatic rings. The number of anilines is 1. The minimum absolute atomic E-state index is 0.0312. The van der Waals surface area contributed by atoms with E-state index in [2.05, 4.69) is 28.5 Å². The van der Waals surface area contributed by atoms with E-state index in [9.17, 15) is 4.79 Å². The molecular formula is C20H21N5O3S. The first-order valence-electron chi connectivity index (χ1n) is 9.16. The van der Waals surface area contributed by atoms with Crippen LogP contribution in [-0.2, 0) is 11.2 Å². The van der Waals surface area contributed by atoms with Crippen LogP contribution in [0.2, 0.25) is 0 Å². The van der Waals surface area contributed by atoms with Gasteiger partial charge in [0.25, 0.3) is 0 Å². The fourth-order valence-corrected chi connectivity index (χ4v) is 4.26. The lowest BCUT2D eigenvalue weighted by atomic mass is 10.1. The number of hydrogen-bond donors (Lipinski definition) is 0. The fraction of sp³-hybridized carbons (Fsp3) is 0.300. The third-order valence-electron chi connectivity index (χ3n) is 4.86. The van der Waals surface area contributed by atoms with E-state index in [1.54, 1.807) is 25.0 Å². The third kappa shape index (κ3) is 3.65. The minimum atomic E-state index is 0.0312. The molecule has 8 nitrogen and oxygen atoms in total. The van der Waals surface area contributed by atoms with Crippen LogP contribution in [-0.4, -0.2) is 52.1 Å². The maximum Gasteiger partial charge on any atom is 0.237 e. The van der Waals surface area contributed by atoms with Crippen molar-refractivity contribution in [1.82, 2.24) is 20.2 Å². The van der Waals surface area contributed by atoms with Crippen LogP contribution >= 0.6 is 11.8 Å². The number of benzene rings is 2. The number of carbonyl (C=O) groups excluding carboxylic acids is 1. The first kappa shape index (κ1) is 19.3. The summed E-state index contributed by atoms with van der Waals surface area (Å²) in [5, 5.41) is 12.4. The van der Waals surface area contributed by atoms with Crippen molar-refractivity contribution in [2.24, 2.45) is 0 Å². The summed E-state index contributed by atoms with van der Waals surface area (Å²) in [5.74, 6) is 1.51. The fourth-order valence-electron chi connectivity index (χ4n) is 3.52. The SMILES string of the molecule is COc1ccc(-n2nnnc2SCC(=O)N2c3ccccc3C[C@H]2C)c(OC)c1. The van der Waals surface area contributed by atoms with E-state index in [1.165, 1.54) is 17.3 Å². The number of aromatic nitrogens is 4. The quantitative estimate of drug-likeness (QED) is 0.577. The van der Waals surface area contributed by atoms with E-state index in [1.807, 2.05) is 35.2 Å². The number of hydrogen-bond acceptors (Lipinski definition) is 7. The van der Waals surface area contributed by atoms with Gasteiger partial charge in [0.1, 0.15) is 17.2 Å². The van der Waals surface area contributed by atoms with Gasteiger partial charge in [-0.1, -0.05) is 30.0 Å². The molecule has 2 aromatic carbocycles. The molecule has 1 amide bonds. The van der Waals surface area contributed by atoms with Crippen molar-refractivity contribution in [3.05, 3.63) is 48.0 Å². The lowest BCUT2D eigenvalue weighted by molar-refractivity contribution is -0.116. The van der Waals surface area contributed by atoms with E-state index in [0.29, 0.717) is 22.3 Å². The van der Waals surface area contributed by atoms with Gasteiger partial charge in [-0.25, -0.2) is 0 Å². The van der Waals surface area contributed by atoms with Gasteiger partial charge in [0.2, 0.25) is 11.1 Å². The Morgan fingerprint density at radius 1 is 1.17 bits per heavy atom. The minimum Gasteiger partial charge on any atom is -0.497 e. The molecule has 1 aromatic heterocycles. The lowest BCUT2D eigenvalue weighted by Crippen LogP contribution is -2.37. The Hall–Kier alpha value is -3.07. The Labute approximate surface area is 172 Å². The first-order valence-corrected chi connectivity index (χ1v) is 10.1. The van der Waals surface area contributed by atoms with E-state index >= 15 is 0 Å². The first-order chi connectivity index (χ1) is 14.1. The molecule has 9 heteroatoms. The average Bonchev–Trinajstić information content (AvgIpc) is 3.34. The molecule has 0 radical (unpaired) electrons. The second-order valence-electron chi connectivity index (χ2n) is 6.65. The Morgan fingerprint density at radius 2 is 2.00 bits per heavy atom. The number of nitrogens with zero attached hydrogens (tertiary/aromatic N) is 5. The van der Waals surface area contributed by atoms with Crippen LogP contribution < -0.4 is 14.4 Å². The van der Waals surface area contributed by atoms with Crippen molar-refractivity contribution >= 4 is 23.4 Å². The number of ether oxygens (including phenoxy) is 2. The molecule has 4 rings (SSSR count). The summed E-state index contributed by atoms with van der Waals surface area (Å²) in [5.41, 5.74) is 2.86. The maximum atomic E-state index is 13.0. The van der Waals surface area contributed by atoms with Crippen LogP contribution in [0.3, 0.4) is 0 Å². The highest BCUT2D eigenvalue weighted by Crippen LogP contribution is 2.33. The molecule has 1 aliphatic heterocycles. The van der Waals surface area contributed by atoms with Gasteiger partial charge in [0.15, 0.2) is 0 Å². The molecule has 2 heterocycles. The van der Waals surface area contributed by atoms with Crippen LogP contribution in [0.25, 0.3) is 5.69 Å². The van der Waals surface area contributed by atoms with Crippen molar-refractivity contribution in [3.8, 4) is 17.2 Å². The number of fused-ring (bicyclic) bond motifs is 1. The number of methoxy groups -OCH3 is 2. The molecule has 29 heavy (non-hydrogen) atoms. The molecule has 1 aliphatic rings. The number of para-hydroxylation sites is 1. The van der Waals surface area contributed by atoms with Crippen LogP contribution in [0.15, 0.2) is 47.6 Å². The number of tetrazole rings is 1. The van der Waals surface area contributed by atoms with Crippen LogP contribution in [0.1, 0.15) is 12.5 Å². The largest absolute Gasteiger partial charge is 0.497 e. The van der Waals surface area contributed by atoms with Crippen LogP contribution in [0, 0.1) is 0 Å². The normalized spacial score (nSPS) is 15.3. The van der Waals surface area contributed by atoms with E-state index in [-0.39, 0.29) is 17.7 Å². The average molecular weight is 411 g/mol. The number of carbonyl (C=O) groups is 1. The third-order valence-corrected chi connectivity index (χ3v) is 5.76. The molecule has 0 saturated heterocycles. The Balaban J connectivity index is 1.53. The van der Waals surface area contributed by atoms with Gasteiger partial charge in [-0.15, -0.1) is 5.10 Å². The van der Waals surface area contributed by atoms with Gasteiger partial charge < -0.3 is 14.4 Å². The van der Waals surface area contributed by atoms with Gasteiger partial charge >= 0.3 is 0 Å². The summed E-state index contributed by atoms with van der Waals surface area (Å²) in [6.45, 7) is 2.06. The number of amides is 1. The zero-order chi connectivity index (χ0) is 20.4. The highest BCUT2D eigenvalue weighted by Gasteiger charge is 2.30. The molecule has 0 saturated carbocycles. The van der Waals surface area contributed by atoms with Crippen molar-refractivity contribution in [2.45, 2.75) is 24.5 Å². The standard InChI is InChI=1S/C20H21N5O3S/c1-13-10-14-6-4-5-7-16(14)24(13)19(26)12-29-20-21-22-23-25(20)17-9-8-15(27-2)11-18(17)28-3/h4-9,11,13H,10,12H2,1-3H3/t13-/m1/s1. The summed E-state index contributed by atoms with van der Waals surface area (Å²) >= 11 is 1.30. The summed E-state index contributed by atoms with van der Waals surface area (Å²) < 4.78 is 12.3. The predicted molar refractivity (Wildman–Crippen MR) is 110 cm³/mol. The smallest absolute Gasteiger partial charge is 0.237 e. The Kier molecular flexibility index (Phi) is 5.39. The van der Waals surface area contributed by atoms with E-state index in [4.69, 9.17) is 9.47 Å². The second-order valence-corrected chi connectivity index (χ2v) is 7.59. The zero-order valence-corrected chi connectivity index (χ0v) is 17.2. The highest BCUT2D eigenvalue weighted by molar-refractivity contribution is 7.99. The highest BCUT2D eigenvalue weighted by atomic mass is 32.2. The lowest BCUT2D eigenvalue weighted by Gasteiger charge is -2.22. The number of rotatable bonds is 6. The van der Waals surface area contributed by atoms with Crippen LogP contribution in [0.5, 0.6) is 11.5 Å². The molecule has 0 fully saturated rings. The Morgan fingerprint density at radius 3 is 2.79 bits per heavy atom. The molecule has 150 valence electrons. The molecule has 0 bridgehead atoms. The van der Waals surface area contributed by atoms with E-state index < -0.39 is 0 Å². The molecule has 0 spiro atoms. The van der Waals surface area contributed by atoms with Crippen molar-refractivity contribution in [1.29, 1.82) is 0 Å². The molecule has 0 N–H and O–H groups in total.